The summed E-state index contributed by atoms with van der Waals surface area (Å²) >= 11 is 0. The number of halogens is 3. The highest BCUT2D eigenvalue weighted by atomic mass is 19.4. The molecule has 12 nitrogen and oxygen atoms in total. The van der Waals surface area contributed by atoms with Crippen molar-refractivity contribution in [3.8, 4) is 11.6 Å². The Hall–Kier alpha value is -4.40. The number of esters is 1. The second kappa shape index (κ2) is 12.9. The summed E-state index contributed by atoms with van der Waals surface area (Å²) in [6.45, 7) is 3.36. The molecule has 45 heavy (non-hydrogen) atoms. The summed E-state index contributed by atoms with van der Waals surface area (Å²) in [6, 6.07) is 6.98. The van der Waals surface area contributed by atoms with Gasteiger partial charge in [-0.25, -0.2) is 4.68 Å². The molecule has 5 rings (SSSR count). The summed E-state index contributed by atoms with van der Waals surface area (Å²) in [5.41, 5.74) is 7.12. The average Bonchev–Trinajstić information content (AvgIpc) is 3.62. The van der Waals surface area contributed by atoms with Crippen LogP contribution in [0.25, 0.3) is 5.69 Å². The Balaban J connectivity index is 1.39. The number of carboxylic acids is 1. The highest BCUT2D eigenvalue weighted by Crippen LogP contribution is 2.42. The number of nitrogens with one attached hydrogen (secondary N) is 1. The van der Waals surface area contributed by atoms with Gasteiger partial charge in [-0.05, 0) is 62.1 Å². The molecular formula is C30H36F3N7O5. The molecule has 0 aliphatic carbocycles. The van der Waals surface area contributed by atoms with Crippen molar-refractivity contribution in [2.75, 3.05) is 37.4 Å². The Morgan fingerprint density at radius 2 is 1.96 bits per heavy atom. The molecule has 0 saturated carbocycles. The molecule has 1 aromatic carbocycles. The van der Waals surface area contributed by atoms with Gasteiger partial charge in [0.05, 0.1) is 18.5 Å². The number of aliphatic carboxylic acids is 1. The Morgan fingerprint density at radius 3 is 2.58 bits per heavy atom. The first-order chi connectivity index (χ1) is 21.4. The first-order valence-electron chi connectivity index (χ1n) is 14.7. The molecule has 242 valence electrons. The molecule has 0 amide bonds. The molecule has 2 atom stereocenters. The third-order valence-corrected chi connectivity index (χ3v) is 8.47. The van der Waals surface area contributed by atoms with E-state index in [1.54, 1.807) is 31.3 Å². The van der Waals surface area contributed by atoms with Gasteiger partial charge in [0, 0.05) is 43.9 Å². The van der Waals surface area contributed by atoms with Gasteiger partial charge in [0.2, 0.25) is 17.9 Å². The number of hydrogen-bond donors (Lipinski definition) is 3. The maximum Gasteiger partial charge on any atom is 0.429 e. The SMILES string of the molecule is COC(=O)CCCc1ccc([C@@H](Oc2cc(N3CCC4(CC3)CNC(C(=O)O)C4)nc(N)n2)C(F)(F)F)c(-n2ccc(C)n2)c1. The van der Waals surface area contributed by atoms with Gasteiger partial charge in [-0.15, -0.1) is 0 Å². The van der Waals surface area contributed by atoms with E-state index < -0.39 is 24.3 Å². The summed E-state index contributed by atoms with van der Waals surface area (Å²) in [5.74, 6) is -1.48. The Kier molecular flexibility index (Phi) is 9.18. The van der Waals surface area contributed by atoms with Crippen molar-refractivity contribution in [3.63, 3.8) is 0 Å². The molecule has 2 saturated heterocycles. The third-order valence-electron chi connectivity index (χ3n) is 8.47. The zero-order chi connectivity index (χ0) is 32.4. The van der Waals surface area contributed by atoms with Crippen LogP contribution in [-0.2, 0) is 20.7 Å². The monoisotopic (exact) mass is 631 g/mol. The molecular weight excluding hydrogens is 595 g/mol. The number of benzene rings is 1. The average molecular weight is 632 g/mol. The topological polar surface area (TPSA) is 158 Å². The normalized spacial score (nSPS) is 18.6. The van der Waals surface area contributed by atoms with Gasteiger partial charge in [-0.1, -0.05) is 12.1 Å². The minimum absolute atomic E-state index is 0.161. The van der Waals surface area contributed by atoms with Gasteiger partial charge in [0.25, 0.3) is 0 Å². The van der Waals surface area contributed by atoms with Crippen LogP contribution in [0.3, 0.4) is 0 Å². The summed E-state index contributed by atoms with van der Waals surface area (Å²) in [6.07, 6.45) is -2.70. The Morgan fingerprint density at radius 1 is 1.20 bits per heavy atom. The fraction of sp³-hybridized carbons (Fsp3) is 0.500. The number of carbonyl (C=O) groups excluding carboxylic acids is 1. The van der Waals surface area contributed by atoms with Crippen LogP contribution in [0.5, 0.6) is 5.88 Å². The van der Waals surface area contributed by atoms with Gasteiger partial charge in [0.15, 0.2) is 0 Å². The van der Waals surface area contributed by atoms with Gasteiger partial charge < -0.3 is 30.5 Å². The molecule has 2 aliphatic heterocycles. The fourth-order valence-corrected chi connectivity index (χ4v) is 6.02. The van der Waals surface area contributed by atoms with Crippen molar-refractivity contribution in [3.05, 3.63) is 53.3 Å². The van der Waals surface area contributed by atoms with Crippen molar-refractivity contribution in [2.24, 2.45) is 5.41 Å². The fourth-order valence-electron chi connectivity index (χ4n) is 6.02. The van der Waals surface area contributed by atoms with Crippen LogP contribution in [0.4, 0.5) is 24.9 Å². The second-order valence-corrected chi connectivity index (χ2v) is 11.6. The van der Waals surface area contributed by atoms with E-state index in [-0.39, 0.29) is 40.9 Å². The van der Waals surface area contributed by atoms with Crippen molar-refractivity contribution in [1.29, 1.82) is 0 Å². The van der Waals surface area contributed by atoms with Gasteiger partial charge >= 0.3 is 18.1 Å². The molecule has 15 heteroatoms. The lowest BCUT2D eigenvalue weighted by molar-refractivity contribution is -0.198. The summed E-state index contributed by atoms with van der Waals surface area (Å²) in [4.78, 5) is 33.1. The van der Waals surface area contributed by atoms with Crippen LogP contribution in [0.2, 0.25) is 0 Å². The van der Waals surface area contributed by atoms with Crippen LogP contribution in [0, 0.1) is 12.3 Å². The predicted octanol–water partition coefficient (Wildman–Crippen LogP) is 3.76. The van der Waals surface area contributed by atoms with E-state index in [9.17, 15) is 27.9 Å². The number of anilines is 2. The number of methoxy groups -OCH3 is 1. The zero-order valence-electron chi connectivity index (χ0n) is 25.0. The molecule has 2 aromatic heterocycles. The van der Waals surface area contributed by atoms with Gasteiger partial charge in [-0.3, -0.25) is 9.59 Å². The number of carboxylic acid groups (broad SMARTS) is 1. The van der Waals surface area contributed by atoms with Crippen LogP contribution >= 0.6 is 0 Å². The molecule has 4 N–H and O–H groups in total. The predicted molar refractivity (Wildman–Crippen MR) is 157 cm³/mol. The van der Waals surface area contributed by atoms with Crippen LogP contribution in [0.1, 0.15) is 55.0 Å². The Bertz CT molecular complexity index is 1540. The molecule has 1 spiro atoms. The Labute approximate surface area is 257 Å². The number of nitrogens with zero attached hydrogens (tertiary/aromatic N) is 5. The molecule has 0 bridgehead atoms. The van der Waals surface area contributed by atoms with Crippen molar-refractivity contribution in [1.82, 2.24) is 25.1 Å². The maximum atomic E-state index is 14.7. The lowest BCUT2D eigenvalue weighted by Gasteiger charge is -2.39. The third kappa shape index (κ3) is 7.47. The summed E-state index contributed by atoms with van der Waals surface area (Å²) in [5, 5.41) is 16.8. The van der Waals surface area contributed by atoms with E-state index in [2.05, 4.69) is 25.1 Å². The van der Waals surface area contributed by atoms with E-state index in [0.717, 1.165) is 5.56 Å². The van der Waals surface area contributed by atoms with Crippen molar-refractivity contribution >= 4 is 23.7 Å². The van der Waals surface area contributed by atoms with Crippen molar-refractivity contribution < 1.29 is 37.3 Å². The summed E-state index contributed by atoms with van der Waals surface area (Å²) in [7, 11) is 1.30. The second-order valence-electron chi connectivity index (χ2n) is 11.6. The van der Waals surface area contributed by atoms with E-state index >= 15 is 0 Å². The number of hydrogen-bond acceptors (Lipinski definition) is 10. The highest BCUT2D eigenvalue weighted by molar-refractivity contribution is 5.74. The van der Waals surface area contributed by atoms with Crippen molar-refractivity contribution in [2.45, 2.75) is 63.8 Å². The van der Waals surface area contributed by atoms with Gasteiger partial charge in [0.1, 0.15) is 11.9 Å². The quantitative estimate of drug-likeness (QED) is 0.280. The van der Waals surface area contributed by atoms with E-state index in [4.69, 9.17) is 10.5 Å². The number of alkyl halides is 3. The van der Waals surface area contributed by atoms with Crippen LogP contribution < -0.4 is 20.7 Å². The highest BCUT2D eigenvalue weighted by Gasteiger charge is 2.46. The van der Waals surface area contributed by atoms with E-state index in [1.807, 2.05) is 4.90 Å². The van der Waals surface area contributed by atoms with Gasteiger partial charge in [-0.2, -0.15) is 28.2 Å². The minimum Gasteiger partial charge on any atom is -0.480 e. The molecule has 1 unspecified atom stereocenters. The summed E-state index contributed by atoms with van der Waals surface area (Å²) < 4.78 is 55.7. The molecule has 2 aliphatic rings. The zero-order valence-corrected chi connectivity index (χ0v) is 25.0. The number of nitrogens with two attached hydrogens (primary N) is 1. The van der Waals surface area contributed by atoms with Crippen LogP contribution in [-0.4, -0.2) is 75.8 Å². The van der Waals surface area contributed by atoms with Crippen LogP contribution in [0.15, 0.2) is 36.5 Å². The number of aromatic nitrogens is 4. The first-order valence-corrected chi connectivity index (χ1v) is 14.7. The largest absolute Gasteiger partial charge is 0.480 e. The first kappa shape index (κ1) is 32.0. The number of rotatable bonds is 10. The molecule has 2 fully saturated rings. The number of aryl methyl sites for hydroxylation is 2. The van der Waals surface area contributed by atoms with E-state index in [0.29, 0.717) is 63.3 Å². The number of piperidine rings is 1. The molecule has 3 aromatic rings. The lowest BCUT2D eigenvalue weighted by Crippen LogP contribution is -2.41. The standard InChI is InChI=1S/C30H36F3N7O5/c1-18-8-11-40(38-18)22-14-19(4-3-5-25(41)44-2)6-7-20(22)26(30(31,32)33)45-24-15-23(36-28(34)37-24)39-12-9-29(10-13-39)16-21(27(42)43)35-17-29/h6-8,11,14-15,21,26,35H,3-5,9-10,12-13,16-17H2,1-2H3,(H,42,43)(H2,34,36,37)/t21?,26-/m1/s1. The lowest BCUT2D eigenvalue weighted by atomic mass is 9.76. The molecule has 0 radical (unpaired) electrons. The number of carbonyl (C=O) groups is 2. The smallest absolute Gasteiger partial charge is 0.429 e. The maximum absolute atomic E-state index is 14.7. The minimum atomic E-state index is -4.84. The number of ether oxygens (including phenoxy) is 2. The number of nitrogen functional groups attached to an aromatic ring is 1. The van der Waals surface area contributed by atoms with E-state index in [1.165, 1.54) is 23.9 Å². The molecule has 4 heterocycles.